The van der Waals surface area contributed by atoms with Gasteiger partial charge in [-0.1, -0.05) is 183 Å². The first-order valence-electron chi connectivity index (χ1n) is 20.8. The van der Waals surface area contributed by atoms with Crippen molar-refractivity contribution >= 4 is 54.5 Å². The van der Waals surface area contributed by atoms with E-state index < -0.39 is 0 Å². The summed E-state index contributed by atoms with van der Waals surface area (Å²) in [7, 11) is 0. The Morgan fingerprint density at radius 2 is 1.26 bits per heavy atom. The van der Waals surface area contributed by atoms with Crippen LogP contribution in [0.25, 0.3) is 105 Å². The second-order valence-electron chi connectivity index (χ2n) is 17.0. The second kappa shape index (κ2) is 14.5. The van der Waals surface area contributed by atoms with Gasteiger partial charge >= 0.3 is 0 Å². The molecule has 0 bridgehead atoms. The third-order valence-electron chi connectivity index (χ3n) is 12.2. The van der Waals surface area contributed by atoms with Crippen LogP contribution in [0, 0.1) is 12.4 Å². The molecule has 300 valence electrons. The van der Waals surface area contributed by atoms with Crippen molar-refractivity contribution in [3.05, 3.63) is 200 Å². The molecule has 0 radical (unpaired) electrons. The molecule has 0 saturated heterocycles. The number of benzene rings is 7. The largest absolute Gasteiger partial charge is 0.443 e. The van der Waals surface area contributed by atoms with Crippen molar-refractivity contribution in [2.45, 2.75) is 26.2 Å². The summed E-state index contributed by atoms with van der Waals surface area (Å²) in [5, 5.41) is 6.64. The van der Waals surface area contributed by atoms with Gasteiger partial charge in [0.25, 0.3) is 6.33 Å². The fourth-order valence-corrected chi connectivity index (χ4v) is 9.26. The summed E-state index contributed by atoms with van der Waals surface area (Å²) in [5.41, 5.74) is 13.9. The Morgan fingerprint density at radius 3 is 2.00 bits per heavy atom. The van der Waals surface area contributed by atoms with E-state index in [9.17, 15) is 0 Å². The number of fused-ring (bicyclic) bond motifs is 9. The van der Waals surface area contributed by atoms with Gasteiger partial charge in [-0.15, -0.1) is 29.0 Å². The Labute approximate surface area is 374 Å². The molecule has 0 amide bonds. The molecule has 0 unspecified atom stereocenters. The molecule has 0 atom stereocenters. The van der Waals surface area contributed by atoms with E-state index in [0.717, 1.165) is 105 Å². The van der Waals surface area contributed by atoms with Crippen molar-refractivity contribution in [1.29, 1.82) is 0 Å². The van der Waals surface area contributed by atoms with Gasteiger partial charge in [-0.3, -0.25) is 9.55 Å². The van der Waals surface area contributed by atoms with Crippen LogP contribution in [0.1, 0.15) is 26.3 Å². The number of imidazole rings is 1. The number of hydrogen-bond donors (Lipinski definition) is 0. The molecule has 10 aromatic rings. The number of hydrogen-bond acceptors (Lipinski definition) is 1. The van der Waals surface area contributed by atoms with E-state index in [1.807, 2.05) is 6.20 Å². The van der Waals surface area contributed by atoms with Gasteiger partial charge in [-0.2, -0.15) is 0 Å². The SMILES string of the molecule is CC(C)(C)c1ccnc(-n2c3ccccc3c3cc4cc5ccc6ccc(-n7[c-][n+](-c8c(-c9ccccc9)cccc8-c8ccccc8)c8ccccc87)[c-]c6c5c-4[n-]c32)c1.[Pt]. The molecule has 12 rings (SSSR count). The van der Waals surface area contributed by atoms with Crippen LogP contribution in [-0.4, -0.2) is 14.1 Å². The summed E-state index contributed by atoms with van der Waals surface area (Å²) >= 11 is 0. The van der Waals surface area contributed by atoms with Crippen LogP contribution in [0.3, 0.4) is 0 Å². The zero-order valence-corrected chi connectivity index (χ0v) is 36.6. The summed E-state index contributed by atoms with van der Waals surface area (Å²) in [6.45, 7) is 6.72. The van der Waals surface area contributed by atoms with Crippen LogP contribution in [0.15, 0.2) is 182 Å². The number of para-hydroxylation sites is 4. The molecule has 7 aromatic carbocycles. The fourth-order valence-electron chi connectivity index (χ4n) is 9.26. The quantitative estimate of drug-likeness (QED) is 0.127. The Bertz CT molecular complexity index is 3570. The van der Waals surface area contributed by atoms with Crippen molar-refractivity contribution in [2.75, 3.05) is 0 Å². The Morgan fingerprint density at radius 1 is 0.597 bits per heavy atom. The van der Waals surface area contributed by atoms with E-state index >= 15 is 0 Å². The predicted molar refractivity (Wildman–Crippen MR) is 249 cm³/mol. The molecule has 6 heteroatoms. The van der Waals surface area contributed by atoms with E-state index in [0.29, 0.717) is 0 Å². The molecule has 1 aliphatic heterocycles. The fraction of sp³-hybridized carbons (Fsp3) is 0.0714. The van der Waals surface area contributed by atoms with Crippen molar-refractivity contribution in [3.8, 4) is 50.7 Å². The van der Waals surface area contributed by atoms with Crippen LogP contribution in [0.4, 0.5) is 0 Å². The van der Waals surface area contributed by atoms with Gasteiger partial charge in [0.1, 0.15) is 0 Å². The van der Waals surface area contributed by atoms with Crippen molar-refractivity contribution in [3.63, 3.8) is 0 Å². The van der Waals surface area contributed by atoms with E-state index in [2.05, 4.69) is 223 Å². The molecule has 2 aliphatic rings. The summed E-state index contributed by atoms with van der Waals surface area (Å²) < 4.78 is 6.62. The Balaban J connectivity index is 0.00000432. The van der Waals surface area contributed by atoms with Crippen molar-refractivity contribution in [2.24, 2.45) is 0 Å². The molecular formula is C56H39N5Pt-2. The zero-order valence-electron chi connectivity index (χ0n) is 34.4. The van der Waals surface area contributed by atoms with Gasteiger partial charge in [0.2, 0.25) is 0 Å². The summed E-state index contributed by atoms with van der Waals surface area (Å²) in [6, 6.07) is 66.6. The molecule has 3 aromatic heterocycles. The zero-order chi connectivity index (χ0) is 40.8. The number of aromatic nitrogens is 5. The minimum absolute atomic E-state index is 0. The van der Waals surface area contributed by atoms with Gasteiger partial charge in [0.15, 0.2) is 0 Å². The van der Waals surface area contributed by atoms with Gasteiger partial charge in [0, 0.05) is 27.3 Å². The van der Waals surface area contributed by atoms with E-state index in [1.54, 1.807) is 0 Å². The van der Waals surface area contributed by atoms with Crippen molar-refractivity contribution in [1.82, 2.24) is 19.1 Å². The minimum Gasteiger partial charge on any atom is -0.443 e. The molecular weight excluding hydrogens is 938 g/mol. The van der Waals surface area contributed by atoms with Gasteiger partial charge in [-0.05, 0) is 84.6 Å². The normalized spacial score (nSPS) is 12.0. The Kier molecular flexibility index (Phi) is 8.89. The van der Waals surface area contributed by atoms with Crippen LogP contribution < -0.4 is 9.55 Å². The molecule has 0 N–H and O–H groups in total. The van der Waals surface area contributed by atoms with Gasteiger partial charge in [-0.25, -0.2) is 0 Å². The summed E-state index contributed by atoms with van der Waals surface area (Å²) in [5.74, 6) is 0.868. The van der Waals surface area contributed by atoms with Crippen LogP contribution in [0.2, 0.25) is 0 Å². The van der Waals surface area contributed by atoms with Crippen LogP contribution in [-0.2, 0) is 26.5 Å². The second-order valence-corrected chi connectivity index (χ2v) is 17.0. The first-order chi connectivity index (χ1) is 29.9. The van der Waals surface area contributed by atoms with Crippen LogP contribution >= 0.6 is 0 Å². The average Bonchev–Trinajstić information content (AvgIpc) is 3.98. The smallest absolute Gasteiger partial charge is 0.268 e. The Hall–Kier alpha value is -7.07. The molecule has 0 spiro atoms. The van der Waals surface area contributed by atoms with Gasteiger partial charge in [0.05, 0.1) is 22.5 Å². The number of rotatable bonds is 5. The third-order valence-corrected chi connectivity index (χ3v) is 12.2. The van der Waals surface area contributed by atoms with Crippen LogP contribution in [0.5, 0.6) is 0 Å². The third kappa shape index (κ3) is 5.95. The molecule has 0 saturated carbocycles. The van der Waals surface area contributed by atoms with Crippen molar-refractivity contribution < 1.29 is 25.6 Å². The first-order valence-corrected chi connectivity index (χ1v) is 20.8. The molecule has 62 heavy (non-hydrogen) atoms. The molecule has 0 fully saturated rings. The van der Waals surface area contributed by atoms with Gasteiger partial charge < -0.3 is 14.1 Å². The maximum Gasteiger partial charge on any atom is 0.268 e. The first kappa shape index (κ1) is 37.9. The predicted octanol–water partition coefficient (Wildman–Crippen LogP) is 13.0. The van der Waals surface area contributed by atoms with E-state index in [1.165, 1.54) is 5.56 Å². The maximum absolute atomic E-state index is 5.58. The number of pyridine rings is 2. The summed E-state index contributed by atoms with van der Waals surface area (Å²) in [6.07, 6.45) is 5.76. The van der Waals surface area contributed by atoms with E-state index in [-0.39, 0.29) is 26.5 Å². The summed E-state index contributed by atoms with van der Waals surface area (Å²) in [4.78, 5) is 10.5. The average molecular weight is 977 g/mol. The molecule has 4 heterocycles. The molecule has 5 nitrogen and oxygen atoms in total. The minimum atomic E-state index is -0.0251. The maximum atomic E-state index is 5.58. The topological polar surface area (TPSA) is 40.7 Å². The standard InChI is InChI=1S/C56H39N5.Pt/c1-56(2,3)41-29-30-57-51(33-41)61-48-22-11-10-19-45(48)47-32-40-31-39-26-25-38-27-28-42(34-46(38)52(39)53(40)58-55(47)61)59-35-60(50-24-13-12-23-49(50)59)54-43(36-15-6-4-7-16-36)20-14-21-44(54)37-17-8-5-9-18-37;/h4-33H,1-3H3;/q-2;. The number of nitrogens with zero attached hydrogens (tertiary/aromatic N) is 5. The molecule has 1 aliphatic carbocycles. The monoisotopic (exact) mass is 976 g/mol. The van der Waals surface area contributed by atoms with E-state index in [4.69, 9.17) is 9.97 Å².